The maximum atomic E-state index is 14.2. The van der Waals surface area contributed by atoms with Gasteiger partial charge >= 0.3 is 0 Å². The van der Waals surface area contributed by atoms with Crippen LogP contribution < -0.4 is 14.4 Å². The number of fused-ring (bicyclic) bond motifs is 1. The smallest absolute Gasteiger partial charge is 0.254 e. The lowest BCUT2D eigenvalue weighted by molar-refractivity contribution is -0.121. The number of carbonyl (C=O) groups is 2. The first kappa shape index (κ1) is 23.8. The van der Waals surface area contributed by atoms with Crippen LogP contribution in [0.3, 0.4) is 0 Å². The highest BCUT2D eigenvalue weighted by molar-refractivity contribution is 7.10. The van der Waals surface area contributed by atoms with E-state index in [1.54, 1.807) is 43.6 Å². The summed E-state index contributed by atoms with van der Waals surface area (Å²) in [4.78, 5) is 32.3. The van der Waals surface area contributed by atoms with Crippen molar-refractivity contribution < 1.29 is 19.1 Å². The summed E-state index contributed by atoms with van der Waals surface area (Å²) >= 11 is 1.57. The summed E-state index contributed by atoms with van der Waals surface area (Å²) in [6.07, 6.45) is 0. The van der Waals surface area contributed by atoms with Crippen LogP contribution in [0.5, 0.6) is 11.5 Å². The number of carbonyl (C=O) groups excluding carboxylic acids is 2. The molecule has 178 valence electrons. The Morgan fingerprint density at radius 1 is 1.09 bits per heavy atom. The second-order valence-corrected chi connectivity index (χ2v) is 9.79. The summed E-state index contributed by atoms with van der Waals surface area (Å²) < 4.78 is 10.9. The highest BCUT2D eigenvalue weighted by Crippen LogP contribution is 2.46. The molecule has 6 nitrogen and oxygen atoms in total. The number of anilines is 1. The summed E-state index contributed by atoms with van der Waals surface area (Å²) in [5.41, 5.74) is 1.99. The fourth-order valence-corrected chi connectivity index (χ4v) is 5.49. The molecule has 0 radical (unpaired) electrons. The maximum Gasteiger partial charge on any atom is 0.254 e. The Labute approximate surface area is 204 Å². The third-order valence-electron chi connectivity index (χ3n) is 6.18. The lowest BCUT2D eigenvalue weighted by atomic mass is 9.80. The molecule has 0 N–H and O–H groups in total. The molecule has 2 amide bonds. The van der Waals surface area contributed by atoms with Crippen LogP contribution in [0.25, 0.3) is 0 Å². The number of methoxy groups -OCH3 is 2. The van der Waals surface area contributed by atoms with Crippen molar-refractivity contribution in [2.75, 3.05) is 32.7 Å². The fourth-order valence-electron chi connectivity index (χ4n) is 4.62. The predicted molar refractivity (Wildman–Crippen MR) is 135 cm³/mol. The Bertz CT molecular complexity index is 1180. The Hall–Kier alpha value is -3.32. The van der Waals surface area contributed by atoms with Crippen molar-refractivity contribution in [3.05, 3.63) is 76.0 Å². The van der Waals surface area contributed by atoms with Crippen molar-refractivity contribution >= 4 is 28.8 Å². The number of hydrogen-bond acceptors (Lipinski definition) is 5. The fraction of sp³-hybridized carbons (Fsp3) is 0.333. The van der Waals surface area contributed by atoms with Gasteiger partial charge in [-0.05, 0) is 41.1 Å². The van der Waals surface area contributed by atoms with E-state index < -0.39 is 5.92 Å². The molecule has 1 aliphatic rings. The molecule has 0 saturated heterocycles. The SMILES string of the molecule is COc1ccc(N(C)C(=O)[C@@H]2c3ccccc3C(=O)N(CC(C)C)[C@@H]2c2cccs2)c(OC)c1. The highest BCUT2D eigenvalue weighted by Gasteiger charge is 2.45. The van der Waals surface area contributed by atoms with Crippen LogP contribution in [-0.4, -0.2) is 44.5 Å². The average molecular weight is 479 g/mol. The van der Waals surface area contributed by atoms with Crippen molar-refractivity contribution in [2.24, 2.45) is 5.92 Å². The Kier molecular flexibility index (Phi) is 6.93. The number of thiophene rings is 1. The zero-order valence-electron chi connectivity index (χ0n) is 20.1. The zero-order chi connectivity index (χ0) is 24.4. The molecule has 3 aromatic rings. The van der Waals surface area contributed by atoms with Crippen LogP contribution >= 0.6 is 11.3 Å². The summed E-state index contributed by atoms with van der Waals surface area (Å²) in [6.45, 7) is 4.74. The van der Waals surface area contributed by atoms with E-state index in [9.17, 15) is 9.59 Å². The molecule has 0 saturated carbocycles. The van der Waals surface area contributed by atoms with Gasteiger partial charge in [-0.15, -0.1) is 11.3 Å². The minimum absolute atomic E-state index is 0.0311. The molecule has 0 fully saturated rings. The van der Waals surface area contributed by atoms with Crippen molar-refractivity contribution in [3.63, 3.8) is 0 Å². The van der Waals surface area contributed by atoms with E-state index in [-0.39, 0.29) is 23.8 Å². The number of hydrogen-bond donors (Lipinski definition) is 0. The van der Waals surface area contributed by atoms with Crippen LogP contribution in [0, 0.1) is 5.92 Å². The number of ether oxygens (including phenoxy) is 2. The van der Waals surface area contributed by atoms with Crippen molar-refractivity contribution in [2.45, 2.75) is 25.8 Å². The average Bonchev–Trinajstić information content (AvgIpc) is 3.38. The van der Waals surface area contributed by atoms with Crippen LogP contribution in [-0.2, 0) is 4.79 Å². The predicted octanol–water partition coefficient (Wildman–Crippen LogP) is 5.37. The summed E-state index contributed by atoms with van der Waals surface area (Å²) in [5, 5.41) is 1.99. The standard InChI is InChI=1S/C27H30N2O4S/c1-17(2)16-29-25(23-11-8-14-34-23)24(19-9-6-7-10-20(19)26(29)30)27(31)28(3)21-13-12-18(32-4)15-22(21)33-5/h6-15,17,24-25H,16H2,1-5H3/t24-,25-/m1/s1. The van der Waals surface area contributed by atoms with Crippen LogP contribution in [0.4, 0.5) is 5.69 Å². The third-order valence-corrected chi connectivity index (χ3v) is 7.12. The van der Waals surface area contributed by atoms with Gasteiger partial charge in [0.15, 0.2) is 0 Å². The first-order valence-electron chi connectivity index (χ1n) is 11.3. The number of nitrogens with zero attached hydrogens (tertiary/aromatic N) is 2. The van der Waals surface area contributed by atoms with Crippen molar-refractivity contribution in [1.82, 2.24) is 4.90 Å². The van der Waals surface area contributed by atoms with Gasteiger partial charge in [0.05, 0.1) is 31.9 Å². The van der Waals surface area contributed by atoms with Gasteiger partial charge in [0, 0.05) is 30.1 Å². The second kappa shape index (κ2) is 9.89. The Morgan fingerprint density at radius 2 is 1.85 bits per heavy atom. The minimum atomic E-state index is -0.553. The highest BCUT2D eigenvalue weighted by atomic mass is 32.1. The number of benzene rings is 2. The van der Waals surface area contributed by atoms with E-state index in [1.807, 2.05) is 58.8 Å². The molecule has 1 aromatic heterocycles. The summed E-state index contributed by atoms with van der Waals surface area (Å²) in [6, 6.07) is 16.5. The van der Waals surface area contributed by atoms with Gasteiger partial charge in [0.1, 0.15) is 11.5 Å². The van der Waals surface area contributed by atoms with Gasteiger partial charge in [-0.2, -0.15) is 0 Å². The van der Waals surface area contributed by atoms with E-state index in [1.165, 1.54) is 0 Å². The number of rotatable bonds is 7. The number of likely N-dealkylation sites (N-methyl/N-ethyl adjacent to an activating group) is 1. The van der Waals surface area contributed by atoms with Gasteiger partial charge < -0.3 is 19.3 Å². The monoisotopic (exact) mass is 478 g/mol. The lowest BCUT2D eigenvalue weighted by Gasteiger charge is -2.43. The van der Waals surface area contributed by atoms with E-state index in [0.717, 1.165) is 10.4 Å². The molecule has 0 bridgehead atoms. The largest absolute Gasteiger partial charge is 0.497 e. The number of amides is 2. The summed E-state index contributed by atoms with van der Waals surface area (Å²) in [7, 11) is 4.92. The van der Waals surface area contributed by atoms with Gasteiger partial charge in [-0.1, -0.05) is 38.1 Å². The zero-order valence-corrected chi connectivity index (χ0v) is 21.0. The molecule has 0 unspecified atom stereocenters. The van der Waals surface area contributed by atoms with E-state index in [4.69, 9.17) is 9.47 Å². The van der Waals surface area contributed by atoms with Crippen molar-refractivity contribution in [3.8, 4) is 11.5 Å². The minimum Gasteiger partial charge on any atom is -0.497 e. The molecular weight excluding hydrogens is 448 g/mol. The first-order chi connectivity index (χ1) is 16.4. The molecule has 0 spiro atoms. The quantitative estimate of drug-likeness (QED) is 0.458. The molecule has 1 aliphatic heterocycles. The molecule has 4 rings (SSSR count). The van der Waals surface area contributed by atoms with E-state index >= 15 is 0 Å². The van der Waals surface area contributed by atoms with Crippen LogP contribution in [0.1, 0.15) is 46.6 Å². The topological polar surface area (TPSA) is 59.1 Å². The molecule has 34 heavy (non-hydrogen) atoms. The Morgan fingerprint density at radius 3 is 2.50 bits per heavy atom. The van der Waals surface area contributed by atoms with E-state index in [0.29, 0.717) is 29.3 Å². The first-order valence-corrected chi connectivity index (χ1v) is 12.2. The molecule has 2 atom stereocenters. The normalized spacial score (nSPS) is 17.5. The molecular formula is C27H30N2O4S. The molecule has 2 heterocycles. The van der Waals surface area contributed by atoms with Crippen LogP contribution in [0.2, 0.25) is 0 Å². The van der Waals surface area contributed by atoms with Crippen molar-refractivity contribution in [1.29, 1.82) is 0 Å². The van der Waals surface area contributed by atoms with Gasteiger partial charge in [0.25, 0.3) is 5.91 Å². The second-order valence-electron chi connectivity index (χ2n) is 8.81. The van der Waals surface area contributed by atoms with E-state index in [2.05, 4.69) is 13.8 Å². The lowest BCUT2D eigenvalue weighted by Crippen LogP contribution is -2.48. The van der Waals surface area contributed by atoms with Gasteiger partial charge in [0.2, 0.25) is 5.91 Å². The molecule has 7 heteroatoms. The Balaban J connectivity index is 1.85. The molecule has 0 aliphatic carbocycles. The summed E-state index contributed by atoms with van der Waals surface area (Å²) in [5.74, 6) is 0.763. The van der Waals surface area contributed by atoms with Gasteiger partial charge in [-0.3, -0.25) is 9.59 Å². The van der Waals surface area contributed by atoms with Gasteiger partial charge in [-0.25, -0.2) is 0 Å². The molecule has 2 aromatic carbocycles. The maximum absolute atomic E-state index is 14.2. The third kappa shape index (κ3) is 4.28. The van der Waals surface area contributed by atoms with Crippen LogP contribution in [0.15, 0.2) is 60.0 Å².